The van der Waals surface area contributed by atoms with Gasteiger partial charge >= 0.3 is 0 Å². The van der Waals surface area contributed by atoms with Crippen LogP contribution in [0.2, 0.25) is 0 Å². The van der Waals surface area contributed by atoms with Crippen LogP contribution in [0, 0.1) is 20.8 Å². The van der Waals surface area contributed by atoms with E-state index in [0.717, 1.165) is 6.54 Å². The Labute approximate surface area is 128 Å². The standard InChI is InChI=1S/C16H20BrNS/c1-5-18-15(16-14(17)9-11(3)19-16)13-8-6-7-10(2)12(13)4/h6-9,15,18H,5H2,1-4H3. The van der Waals surface area contributed by atoms with Crippen LogP contribution in [0.4, 0.5) is 0 Å². The topological polar surface area (TPSA) is 12.0 Å². The van der Waals surface area contributed by atoms with Crippen molar-refractivity contribution in [1.82, 2.24) is 5.32 Å². The van der Waals surface area contributed by atoms with E-state index in [4.69, 9.17) is 0 Å². The molecule has 0 bridgehead atoms. The predicted molar refractivity (Wildman–Crippen MR) is 88.2 cm³/mol. The summed E-state index contributed by atoms with van der Waals surface area (Å²) in [7, 11) is 0. The lowest BCUT2D eigenvalue weighted by Gasteiger charge is -2.21. The molecule has 3 heteroatoms. The predicted octanol–water partition coefficient (Wildman–Crippen LogP) is 5.13. The molecule has 2 rings (SSSR count). The van der Waals surface area contributed by atoms with Gasteiger partial charge in [0, 0.05) is 14.2 Å². The lowest BCUT2D eigenvalue weighted by molar-refractivity contribution is 0.634. The molecule has 102 valence electrons. The van der Waals surface area contributed by atoms with Gasteiger partial charge in [-0.1, -0.05) is 25.1 Å². The molecule has 0 saturated carbocycles. The molecule has 0 amide bonds. The molecule has 1 aromatic heterocycles. The van der Waals surface area contributed by atoms with Crippen LogP contribution in [-0.4, -0.2) is 6.54 Å². The van der Waals surface area contributed by atoms with Gasteiger partial charge in [0.05, 0.1) is 6.04 Å². The first-order chi connectivity index (χ1) is 9.04. The van der Waals surface area contributed by atoms with Gasteiger partial charge in [-0.3, -0.25) is 0 Å². The highest BCUT2D eigenvalue weighted by atomic mass is 79.9. The van der Waals surface area contributed by atoms with Crippen LogP contribution in [0.1, 0.15) is 39.4 Å². The van der Waals surface area contributed by atoms with Crippen molar-refractivity contribution in [3.8, 4) is 0 Å². The average Bonchev–Trinajstić information content (AvgIpc) is 2.69. The molecule has 0 aliphatic heterocycles. The summed E-state index contributed by atoms with van der Waals surface area (Å²) in [6, 6.07) is 9.04. The molecule has 1 nitrogen and oxygen atoms in total. The Kier molecular flexibility index (Phi) is 4.82. The molecule has 2 aromatic rings. The zero-order valence-corrected chi connectivity index (χ0v) is 14.3. The number of hydrogen-bond acceptors (Lipinski definition) is 2. The fourth-order valence-electron chi connectivity index (χ4n) is 2.33. The highest BCUT2D eigenvalue weighted by Gasteiger charge is 2.20. The van der Waals surface area contributed by atoms with Gasteiger partial charge in [0.25, 0.3) is 0 Å². The van der Waals surface area contributed by atoms with E-state index in [2.05, 4.69) is 73.2 Å². The van der Waals surface area contributed by atoms with Crippen LogP contribution < -0.4 is 5.32 Å². The molecule has 1 atom stereocenters. The molecule has 1 N–H and O–H groups in total. The quantitative estimate of drug-likeness (QED) is 0.814. The van der Waals surface area contributed by atoms with Crippen molar-refractivity contribution in [3.63, 3.8) is 0 Å². The molecule has 0 saturated heterocycles. The van der Waals surface area contributed by atoms with E-state index >= 15 is 0 Å². The Morgan fingerprint density at radius 1 is 1.26 bits per heavy atom. The summed E-state index contributed by atoms with van der Waals surface area (Å²) in [5, 5.41) is 3.62. The first-order valence-electron chi connectivity index (χ1n) is 6.60. The zero-order valence-electron chi connectivity index (χ0n) is 11.9. The minimum absolute atomic E-state index is 0.276. The number of hydrogen-bond donors (Lipinski definition) is 1. The molecular weight excluding hydrogens is 318 g/mol. The van der Waals surface area contributed by atoms with Gasteiger partial charge in [-0.15, -0.1) is 11.3 Å². The van der Waals surface area contributed by atoms with Crippen LogP contribution >= 0.6 is 27.3 Å². The van der Waals surface area contributed by atoms with Crippen LogP contribution in [0.5, 0.6) is 0 Å². The van der Waals surface area contributed by atoms with Crippen LogP contribution in [-0.2, 0) is 0 Å². The Morgan fingerprint density at radius 2 is 2.00 bits per heavy atom. The van der Waals surface area contributed by atoms with E-state index in [9.17, 15) is 0 Å². The second-order valence-electron chi connectivity index (χ2n) is 4.85. The Morgan fingerprint density at radius 3 is 2.58 bits per heavy atom. The van der Waals surface area contributed by atoms with E-state index in [-0.39, 0.29) is 6.04 Å². The first-order valence-corrected chi connectivity index (χ1v) is 8.20. The van der Waals surface area contributed by atoms with Crippen molar-refractivity contribution < 1.29 is 0 Å². The number of nitrogens with one attached hydrogen (secondary N) is 1. The highest BCUT2D eigenvalue weighted by molar-refractivity contribution is 9.10. The largest absolute Gasteiger partial charge is 0.306 e. The van der Waals surface area contributed by atoms with Gasteiger partial charge in [-0.25, -0.2) is 0 Å². The number of thiophene rings is 1. The fourth-order valence-corrected chi connectivity index (χ4v) is 4.31. The third kappa shape index (κ3) is 3.10. The Hall–Kier alpha value is -0.640. The van der Waals surface area contributed by atoms with Gasteiger partial charge < -0.3 is 5.32 Å². The first kappa shape index (κ1) is 14.8. The third-order valence-electron chi connectivity index (χ3n) is 3.46. The molecule has 1 heterocycles. The van der Waals surface area contributed by atoms with Crippen molar-refractivity contribution >= 4 is 27.3 Å². The van der Waals surface area contributed by atoms with Gasteiger partial charge in [0.15, 0.2) is 0 Å². The highest BCUT2D eigenvalue weighted by Crippen LogP contribution is 2.36. The fraction of sp³-hybridized carbons (Fsp3) is 0.375. The van der Waals surface area contributed by atoms with E-state index in [1.807, 2.05) is 11.3 Å². The van der Waals surface area contributed by atoms with Gasteiger partial charge in [-0.2, -0.15) is 0 Å². The summed E-state index contributed by atoms with van der Waals surface area (Å²) < 4.78 is 1.21. The molecule has 0 aliphatic rings. The summed E-state index contributed by atoms with van der Waals surface area (Å²) >= 11 is 5.56. The Bertz CT molecular complexity index is 574. The van der Waals surface area contributed by atoms with Crippen LogP contribution in [0.25, 0.3) is 0 Å². The Balaban J connectivity index is 2.51. The smallest absolute Gasteiger partial charge is 0.0685 e. The zero-order chi connectivity index (χ0) is 14.0. The molecule has 1 unspecified atom stereocenters. The monoisotopic (exact) mass is 337 g/mol. The molecule has 0 radical (unpaired) electrons. The molecule has 1 aromatic carbocycles. The van der Waals surface area contributed by atoms with Crippen molar-refractivity contribution in [2.24, 2.45) is 0 Å². The third-order valence-corrected chi connectivity index (χ3v) is 5.50. The van der Waals surface area contributed by atoms with Gasteiger partial charge in [-0.05, 0) is 66.0 Å². The second-order valence-corrected chi connectivity index (χ2v) is 6.99. The van der Waals surface area contributed by atoms with E-state index in [1.165, 1.54) is 30.9 Å². The van der Waals surface area contributed by atoms with Crippen LogP contribution in [0.3, 0.4) is 0 Å². The molecule has 19 heavy (non-hydrogen) atoms. The van der Waals surface area contributed by atoms with Crippen molar-refractivity contribution in [3.05, 3.63) is 55.2 Å². The maximum atomic E-state index is 3.70. The summed E-state index contributed by atoms with van der Waals surface area (Å²) in [6.07, 6.45) is 0. The van der Waals surface area contributed by atoms with Crippen molar-refractivity contribution in [2.45, 2.75) is 33.7 Å². The number of rotatable bonds is 4. The molecule has 0 fully saturated rings. The maximum absolute atomic E-state index is 3.70. The summed E-state index contributed by atoms with van der Waals surface area (Å²) in [6.45, 7) is 9.67. The summed E-state index contributed by atoms with van der Waals surface area (Å²) in [4.78, 5) is 2.71. The lowest BCUT2D eigenvalue weighted by atomic mass is 9.96. The van der Waals surface area contributed by atoms with E-state index < -0.39 is 0 Å². The van der Waals surface area contributed by atoms with Crippen molar-refractivity contribution in [1.29, 1.82) is 0 Å². The number of benzene rings is 1. The summed E-state index contributed by atoms with van der Waals surface area (Å²) in [5.41, 5.74) is 4.11. The van der Waals surface area contributed by atoms with Crippen LogP contribution in [0.15, 0.2) is 28.7 Å². The van der Waals surface area contributed by atoms with Gasteiger partial charge in [0.1, 0.15) is 0 Å². The summed E-state index contributed by atoms with van der Waals surface area (Å²) in [5.74, 6) is 0. The SMILES string of the molecule is CCNC(c1cccc(C)c1C)c1sc(C)cc1Br. The molecular formula is C16H20BrNS. The maximum Gasteiger partial charge on any atom is 0.0685 e. The van der Waals surface area contributed by atoms with E-state index in [1.54, 1.807) is 0 Å². The average molecular weight is 338 g/mol. The minimum Gasteiger partial charge on any atom is -0.306 e. The van der Waals surface area contributed by atoms with Crippen molar-refractivity contribution in [2.75, 3.05) is 6.54 Å². The van der Waals surface area contributed by atoms with E-state index in [0.29, 0.717) is 0 Å². The van der Waals surface area contributed by atoms with Gasteiger partial charge in [0.2, 0.25) is 0 Å². The lowest BCUT2D eigenvalue weighted by Crippen LogP contribution is -2.22. The normalized spacial score (nSPS) is 12.7. The number of aryl methyl sites for hydroxylation is 2. The number of halogens is 1. The molecule has 0 spiro atoms. The minimum atomic E-state index is 0.276. The molecule has 0 aliphatic carbocycles. The second kappa shape index (κ2) is 6.21.